The van der Waals surface area contributed by atoms with Crippen molar-refractivity contribution in [1.82, 2.24) is 9.88 Å². The summed E-state index contributed by atoms with van der Waals surface area (Å²) < 4.78 is 46.0. The molecule has 0 aromatic carbocycles. The van der Waals surface area contributed by atoms with Crippen LogP contribution in [0.25, 0.3) is 0 Å². The minimum Gasteiger partial charge on any atom is -0.468 e. The Morgan fingerprint density at radius 3 is 2.73 bits per heavy atom. The number of morpholine rings is 1. The highest BCUT2D eigenvalue weighted by Crippen LogP contribution is 2.22. The van der Waals surface area contributed by atoms with E-state index in [2.05, 4.69) is 9.72 Å². The van der Waals surface area contributed by atoms with Crippen LogP contribution < -0.4 is 4.74 Å². The standard InChI is InChI=1S/C14H17F3N2O3/c1-13(2)8-21-6-5-19(13)12(20)10-3-4-11(18-7-10)22-9-14(15,16)17/h3-4,7H,5-6,8-9H2,1-2H3. The lowest BCUT2D eigenvalue weighted by molar-refractivity contribution is -0.154. The molecule has 1 fully saturated rings. The van der Waals surface area contributed by atoms with Crippen LogP contribution in [0.4, 0.5) is 13.2 Å². The molecule has 0 spiro atoms. The normalized spacial score (nSPS) is 18.1. The molecule has 1 aromatic heterocycles. The zero-order chi connectivity index (χ0) is 16.4. The van der Waals surface area contributed by atoms with E-state index >= 15 is 0 Å². The number of alkyl halides is 3. The lowest BCUT2D eigenvalue weighted by atomic mass is 10.0. The van der Waals surface area contributed by atoms with Crippen molar-refractivity contribution in [3.8, 4) is 5.88 Å². The number of ether oxygens (including phenoxy) is 2. The van der Waals surface area contributed by atoms with Crippen molar-refractivity contribution in [3.63, 3.8) is 0 Å². The minimum absolute atomic E-state index is 0.171. The molecule has 22 heavy (non-hydrogen) atoms. The maximum absolute atomic E-state index is 12.5. The number of carbonyl (C=O) groups excluding carboxylic acids is 1. The van der Waals surface area contributed by atoms with E-state index in [4.69, 9.17) is 4.74 Å². The highest BCUT2D eigenvalue weighted by molar-refractivity contribution is 5.94. The first kappa shape index (κ1) is 16.5. The first-order valence-electron chi connectivity index (χ1n) is 6.74. The van der Waals surface area contributed by atoms with Gasteiger partial charge in [0.1, 0.15) is 0 Å². The van der Waals surface area contributed by atoms with Crippen molar-refractivity contribution in [2.45, 2.75) is 25.6 Å². The maximum Gasteiger partial charge on any atom is 0.422 e. The topological polar surface area (TPSA) is 51.7 Å². The molecule has 1 saturated heterocycles. The van der Waals surface area contributed by atoms with E-state index in [-0.39, 0.29) is 11.8 Å². The number of nitrogens with zero attached hydrogens (tertiary/aromatic N) is 2. The molecular formula is C14H17F3N2O3. The van der Waals surface area contributed by atoms with Gasteiger partial charge in [-0.05, 0) is 19.9 Å². The number of pyridine rings is 1. The van der Waals surface area contributed by atoms with Gasteiger partial charge in [-0.2, -0.15) is 13.2 Å². The number of carbonyl (C=O) groups is 1. The van der Waals surface area contributed by atoms with Crippen LogP contribution in [-0.4, -0.2) is 53.9 Å². The van der Waals surface area contributed by atoms with Gasteiger partial charge in [0.25, 0.3) is 5.91 Å². The van der Waals surface area contributed by atoms with E-state index in [1.54, 1.807) is 4.90 Å². The van der Waals surface area contributed by atoms with E-state index in [0.29, 0.717) is 25.3 Å². The average Bonchev–Trinajstić information content (AvgIpc) is 2.44. The van der Waals surface area contributed by atoms with E-state index in [1.165, 1.54) is 18.3 Å². The summed E-state index contributed by atoms with van der Waals surface area (Å²) in [6, 6.07) is 2.67. The molecule has 0 saturated carbocycles. The third kappa shape index (κ3) is 4.09. The number of hydrogen-bond donors (Lipinski definition) is 0. The third-order valence-electron chi connectivity index (χ3n) is 3.26. The van der Waals surface area contributed by atoms with Crippen molar-refractivity contribution in [3.05, 3.63) is 23.9 Å². The molecule has 0 radical (unpaired) electrons. The highest BCUT2D eigenvalue weighted by Gasteiger charge is 2.34. The van der Waals surface area contributed by atoms with Gasteiger partial charge in [0.15, 0.2) is 6.61 Å². The van der Waals surface area contributed by atoms with Gasteiger partial charge >= 0.3 is 6.18 Å². The third-order valence-corrected chi connectivity index (χ3v) is 3.26. The monoisotopic (exact) mass is 318 g/mol. The molecule has 1 aliphatic rings. The molecule has 0 bridgehead atoms. The summed E-state index contributed by atoms with van der Waals surface area (Å²) in [6.45, 7) is 3.70. The Kier molecular flexibility index (Phi) is 4.60. The second-order valence-corrected chi connectivity index (χ2v) is 5.61. The molecule has 2 rings (SSSR count). The molecule has 1 aromatic rings. The van der Waals surface area contributed by atoms with Crippen molar-refractivity contribution in [1.29, 1.82) is 0 Å². The maximum atomic E-state index is 12.5. The second-order valence-electron chi connectivity index (χ2n) is 5.61. The van der Waals surface area contributed by atoms with Crippen LogP contribution in [0.15, 0.2) is 18.3 Å². The first-order valence-corrected chi connectivity index (χ1v) is 6.74. The Bertz CT molecular complexity index is 529. The van der Waals surface area contributed by atoms with Gasteiger partial charge in [-0.3, -0.25) is 4.79 Å². The molecule has 122 valence electrons. The molecule has 5 nitrogen and oxygen atoms in total. The summed E-state index contributed by atoms with van der Waals surface area (Å²) in [5.41, 5.74) is -0.143. The molecular weight excluding hydrogens is 301 g/mol. The van der Waals surface area contributed by atoms with Gasteiger partial charge in [-0.15, -0.1) is 0 Å². The molecule has 0 N–H and O–H groups in total. The van der Waals surface area contributed by atoms with E-state index in [1.807, 2.05) is 13.8 Å². The zero-order valence-electron chi connectivity index (χ0n) is 12.3. The van der Waals surface area contributed by atoms with Gasteiger partial charge in [-0.1, -0.05) is 0 Å². The molecule has 0 aliphatic carbocycles. The van der Waals surface area contributed by atoms with Gasteiger partial charge in [0, 0.05) is 18.8 Å². The van der Waals surface area contributed by atoms with Gasteiger partial charge in [-0.25, -0.2) is 4.98 Å². The Hall–Kier alpha value is -1.83. The Balaban J connectivity index is 2.05. The average molecular weight is 318 g/mol. The fourth-order valence-electron chi connectivity index (χ4n) is 2.14. The second kappa shape index (κ2) is 6.12. The largest absolute Gasteiger partial charge is 0.468 e. The van der Waals surface area contributed by atoms with Crippen LogP contribution in [0.2, 0.25) is 0 Å². The van der Waals surface area contributed by atoms with Crippen LogP contribution in [0.1, 0.15) is 24.2 Å². The quantitative estimate of drug-likeness (QED) is 0.858. The van der Waals surface area contributed by atoms with Crippen molar-refractivity contribution >= 4 is 5.91 Å². The molecule has 0 unspecified atom stereocenters. The van der Waals surface area contributed by atoms with Gasteiger partial charge in [0.2, 0.25) is 5.88 Å². The number of amides is 1. The van der Waals surface area contributed by atoms with Crippen LogP contribution in [0.5, 0.6) is 5.88 Å². The predicted molar refractivity (Wildman–Crippen MR) is 71.7 cm³/mol. The van der Waals surface area contributed by atoms with E-state index < -0.39 is 18.3 Å². The van der Waals surface area contributed by atoms with Crippen molar-refractivity contribution < 1.29 is 27.4 Å². The van der Waals surface area contributed by atoms with Crippen LogP contribution in [0.3, 0.4) is 0 Å². The Morgan fingerprint density at radius 2 is 2.18 bits per heavy atom. The predicted octanol–water partition coefficient (Wildman–Crippen LogP) is 2.27. The first-order chi connectivity index (χ1) is 10.2. The number of hydrogen-bond acceptors (Lipinski definition) is 4. The summed E-state index contributed by atoms with van der Waals surface area (Å²) >= 11 is 0. The van der Waals surface area contributed by atoms with Gasteiger partial charge < -0.3 is 14.4 Å². The Labute approximate surface area is 126 Å². The summed E-state index contributed by atoms with van der Waals surface area (Å²) in [6.07, 6.45) is -3.20. The summed E-state index contributed by atoms with van der Waals surface area (Å²) in [4.78, 5) is 17.9. The molecule has 1 aliphatic heterocycles. The highest BCUT2D eigenvalue weighted by atomic mass is 19.4. The molecule has 2 heterocycles. The lowest BCUT2D eigenvalue weighted by Gasteiger charge is -2.42. The summed E-state index contributed by atoms with van der Waals surface area (Å²) in [7, 11) is 0. The fraction of sp³-hybridized carbons (Fsp3) is 0.571. The van der Waals surface area contributed by atoms with E-state index in [0.717, 1.165) is 0 Å². The van der Waals surface area contributed by atoms with Crippen molar-refractivity contribution in [2.75, 3.05) is 26.4 Å². The van der Waals surface area contributed by atoms with Crippen molar-refractivity contribution in [2.24, 2.45) is 0 Å². The zero-order valence-corrected chi connectivity index (χ0v) is 12.3. The van der Waals surface area contributed by atoms with Crippen LogP contribution >= 0.6 is 0 Å². The number of rotatable bonds is 3. The smallest absolute Gasteiger partial charge is 0.422 e. The number of halogens is 3. The SMILES string of the molecule is CC1(C)COCCN1C(=O)c1ccc(OCC(F)(F)F)nc1. The summed E-state index contributed by atoms with van der Waals surface area (Å²) in [5, 5.41) is 0. The molecule has 0 atom stereocenters. The van der Waals surface area contributed by atoms with Crippen LogP contribution in [-0.2, 0) is 4.74 Å². The molecule has 1 amide bonds. The Morgan fingerprint density at radius 1 is 1.45 bits per heavy atom. The fourth-order valence-corrected chi connectivity index (χ4v) is 2.14. The van der Waals surface area contributed by atoms with Crippen LogP contribution in [0, 0.1) is 0 Å². The molecule has 8 heteroatoms. The minimum atomic E-state index is -4.42. The lowest BCUT2D eigenvalue weighted by Crippen LogP contribution is -2.55. The number of aromatic nitrogens is 1. The van der Waals surface area contributed by atoms with E-state index in [9.17, 15) is 18.0 Å². The summed E-state index contributed by atoms with van der Waals surface area (Å²) in [5.74, 6) is -0.404. The van der Waals surface area contributed by atoms with Gasteiger partial charge in [0.05, 0.1) is 24.3 Å².